The van der Waals surface area contributed by atoms with E-state index < -0.39 is 0 Å². The highest BCUT2D eigenvalue weighted by Gasteiger charge is 2.44. The summed E-state index contributed by atoms with van der Waals surface area (Å²) in [6.45, 7) is 1.75. The van der Waals surface area contributed by atoms with Gasteiger partial charge in [-0.3, -0.25) is 4.79 Å². The van der Waals surface area contributed by atoms with Crippen LogP contribution >= 0.6 is 0 Å². The number of hydrogen-bond acceptors (Lipinski definition) is 6. The van der Waals surface area contributed by atoms with Gasteiger partial charge in [0, 0.05) is 49.1 Å². The lowest BCUT2D eigenvalue weighted by molar-refractivity contribution is 0.322. The van der Waals surface area contributed by atoms with Crippen LogP contribution in [-0.2, 0) is 11.8 Å². The van der Waals surface area contributed by atoms with Crippen LogP contribution in [0, 0.1) is 0 Å². The summed E-state index contributed by atoms with van der Waals surface area (Å²) in [6, 6.07) is 9.89. The quantitative estimate of drug-likeness (QED) is 0.717. The smallest absolute Gasteiger partial charge is 0.254 e. The van der Waals surface area contributed by atoms with Crippen LogP contribution in [0.4, 0.5) is 11.6 Å². The molecule has 0 saturated carbocycles. The molecule has 2 aliphatic rings. The molecule has 0 atom stereocenters. The SMILES string of the molecule is CNc1nccnc1N1CCC2(CCc3c2nc(-c2ccccc2)[nH]c3=O)CC1. The minimum absolute atomic E-state index is 0.0135. The number of piperidine rings is 1. The summed E-state index contributed by atoms with van der Waals surface area (Å²) in [5, 5.41) is 3.13. The van der Waals surface area contributed by atoms with Gasteiger partial charge in [0.05, 0.1) is 5.69 Å². The normalized spacial score (nSPS) is 17.3. The van der Waals surface area contributed by atoms with Crippen molar-refractivity contribution in [3.63, 3.8) is 0 Å². The second kappa shape index (κ2) is 6.99. The van der Waals surface area contributed by atoms with Crippen LogP contribution in [0.5, 0.6) is 0 Å². The molecule has 0 amide bonds. The first-order chi connectivity index (χ1) is 14.2. The zero-order valence-electron chi connectivity index (χ0n) is 16.5. The fourth-order valence-electron chi connectivity index (χ4n) is 4.76. The molecule has 7 heteroatoms. The van der Waals surface area contributed by atoms with Crippen molar-refractivity contribution in [2.75, 3.05) is 30.4 Å². The average molecular weight is 388 g/mol. The van der Waals surface area contributed by atoms with E-state index in [-0.39, 0.29) is 11.0 Å². The molecule has 1 spiro atoms. The summed E-state index contributed by atoms with van der Waals surface area (Å²) in [4.78, 5) is 31.9. The molecule has 0 bridgehead atoms. The molecule has 1 aliphatic heterocycles. The van der Waals surface area contributed by atoms with Crippen molar-refractivity contribution in [1.29, 1.82) is 0 Å². The van der Waals surface area contributed by atoms with Gasteiger partial charge in [-0.2, -0.15) is 0 Å². The summed E-state index contributed by atoms with van der Waals surface area (Å²) in [5.41, 5.74) is 2.82. The highest BCUT2D eigenvalue weighted by atomic mass is 16.1. The molecule has 3 aromatic rings. The van der Waals surface area contributed by atoms with E-state index in [9.17, 15) is 4.79 Å². The molecular formula is C22H24N6O. The zero-order chi connectivity index (χ0) is 19.8. The van der Waals surface area contributed by atoms with Gasteiger partial charge >= 0.3 is 0 Å². The lowest BCUT2D eigenvalue weighted by atomic mass is 9.76. The number of nitrogens with one attached hydrogen (secondary N) is 2. The number of benzene rings is 1. The Morgan fingerprint density at radius 2 is 1.83 bits per heavy atom. The first-order valence-electron chi connectivity index (χ1n) is 10.1. The van der Waals surface area contributed by atoms with Gasteiger partial charge in [0.2, 0.25) is 0 Å². The van der Waals surface area contributed by atoms with Crippen LogP contribution in [0.1, 0.15) is 30.5 Å². The lowest BCUT2D eigenvalue weighted by Gasteiger charge is -2.40. The van der Waals surface area contributed by atoms with Crippen LogP contribution in [0.3, 0.4) is 0 Å². The number of fused-ring (bicyclic) bond motifs is 2. The molecule has 7 nitrogen and oxygen atoms in total. The van der Waals surface area contributed by atoms with Gasteiger partial charge in [0.25, 0.3) is 5.56 Å². The predicted octanol–water partition coefficient (Wildman–Crippen LogP) is 2.75. The van der Waals surface area contributed by atoms with Gasteiger partial charge in [-0.25, -0.2) is 15.0 Å². The van der Waals surface area contributed by atoms with Gasteiger partial charge in [0.15, 0.2) is 11.6 Å². The number of nitrogens with zero attached hydrogens (tertiary/aromatic N) is 4. The van der Waals surface area contributed by atoms with Crippen LogP contribution < -0.4 is 15.8 Å². The third-order valence-corrected chi connectivity index (χ3v) is 6.35. The molecule has 3 heterocycles. The maximum absolute atomic E-state index is 12.8. The Kier molecular flexibility index (Phi) is 4.30. The van der Waals surface area contributed by atoms with Crippen LogP contribution in [0.15, 0.2) is 47.5 Å². The minimum Gasteiger partial charge on any atom is -0.370 e. The van der Waals surface area contributed by atoms with E-state index in [1.807, 2.05) is 37.4 Å². The predicted molar refractivity (Wildman–Crippen MR) is 113 cm³/mol. The summed E-state index contributed by atoms with van der Waals surface area (Å²) >= 11 is 0. The van der Waals surface area contributed by atoms with Crippen LogP contribution in [0.25, 0.3) is 11.4 Å². The number of aromatic amines is 1. The number of aromatic nitrogens is 4. The molecule has 1 aliphatic carbocycles. The Morgan fingerprint density at radius 3 is 2.59 bits per heavy atom. The molecule has 2 aromatic heterocycles. The number of anilines is 2. The van der Waals surface area contributed by atoms with Crippen molar-refractivity contribution in [2.45, 2.75) is 31.1 Å². The van der Waals surface area contributed by atoms with E-state index in [0.717, 1.165) is 67.2 Å². The standard InChI is InChI=1S/C22H24N6O/c1-23-19-20(25-12-11-24-19)28-13-9-22(10-14-28)8-7-16-17(22)26-18(27-21(16)29)15-5-3-2-4-6-15/h2-6,11-12H,7-10,13-14H2,1H3,(H,23,24)(H,26,27,29). The third kappa shape index (κ3) is 2.97. The number of hydrogen-bond donors (Lipinski definition) is 2. The third-order valence-electron chi connectivity index (χ3n) is 6.35. The second-order valence-electron chi connectivity index (χ2n) is 7.85. The fraction of sp³-hybridized carbons (Fsp3) is 0.364. The molecule has 29 heavy (non-hydrogen) atoms. The van der Waals surface area contributed by atoms with E-state index in [0.29, 0.717) is 5.82 Å². The first kappa shape index (κ1) is 17.8. The van der Waals surface area contributed by atoms with Crippen molar-refractivity contribution in [2.24, 2.45) is 0 Å². The maximum Gasteiger partial charge on any atom is 0.254 e. The van der Waals surface area contributed by atoms with Crippen molar-refractivity contribution in [3.8, 4) is 11.4 Å². The summed E-state index contributed by atoms with van der Waals surface area (Å²) in [7, 11) is 1.87. The van der Waals surface area contributed by atoms with Gasteiger partial charge in [-0.1, -0.05) is 30.3 Å². The van der Waals surface area contributed by atoms with Crippen molar-refractivity contribution in [1.82, 2.24) is 19.9 Å². The van der Waals surface area contributed by atoms with Gasteiger partial charge in [0.1, 0.15) is 5.82 Å². The van der Waals surface area contributed by atoms with Crippen molar-refractivity contribution < 1.29 is 0 Å². The Balaban J connectivity index is 1.46. The molecule has 2 N–H and O–H groups in total. The average Bonchev–Trinajstić information content (AvgIpc) is 3.13. The summed E-state index contributed by atoms with van der Waals surface area (Å²) < 4.78 is 0. The fourth-order valence-corrected chi connectivity index (χ4v) is 4.76. The maximum atomic E-state index is 12.8. The molecule has 0 radical (unpaired) electrons. The van der Waals surface area contributed by atoms with Crippen molar-refractivity contribution >= 4 is 11.6 Å². The number of rotatable bonds is 3. The highest BCUT2D eigenvalue weighted by molar-refractivity contribution is 5.61. The monoisotopic (exact) mass is 388 g/mol. The molecule has 1 fully saturated rings. The van der Waals surface area contributed by atoms with Crippen LogP contribution in [0.2, 0.25) is 0 Å². The molecular weight excluding hydrogens is 364 g/mol. The molecule has 148 valence electrons. The van der Waals surface area contributed by atoms with E-state index in [1.165, 1.54) is 0 Å². The highest BCUT2D eigenvalue weighted by Crippen LogP contribution is 2.45. The minimum atomic E-state index is -0.0222. The molecule has 1 aromatic carbocycles. The molecule has 5 rings (SSSR count). The zero-order valence-corrected chi connectivity index (χ0v) is 16.5. The Hall–Kier alpha value is -3.22. The first-order valence-corrected chi connectivity index (χ1v) is 10.1. The summed E-state index contributed by atoms with van der Waals surface area (Å²) in [6.07, 6.45) is 7.16. The van der Waals surface area contributed by atoms with E-state index in [4.69, 9.17) is 4.98 Å². The second-order valence-corrected chi connectivity index (χ2v) is 7.85. The Morgan fingerprint density at radius 1 is 1.07 bits per heavy atom. The lowest BCUT2D eigenvalue weighted by Crippen LogP contribution is -2.43. The molecule has 1 saturated heterocycles. The molecule has 0 unspecified atom stereocenters. The number of H-pyrrole nitrogens is 1. The van der Waals surface area contributed by atoms with Gasteiger partial charge in [-0.15, -0.1) is 0 Å². The van der Waals surface area contributed by atoms with E-state index >= 15 is 0 Å². The van der Waals surface area contributed by atoms with Gasteiger partial charge in [-0.05, 0) is 25.7 Å². The van der Waals surface area contributed by atoms with E-state index in [1.54, 1.807) is 12.4 Å². The topological polar surface area (TPSA) is 86.8 Å². The van der Waals surface area contributed by atoms with Crippen molar-refractivity contribution in [3.05, 3.63) is 64.3 Å². The Bertz CT molecular complexity index is 1090. The van der Waals surface area contributed by atoms with E-state index in [2.05, 4.69) is 25.2 Å². The van der Waals surface area contributed by atoms with Gasteiger partial charge < -0.3 is 15.2 Å². The largest absolute Gasteiger partial charge is 0.370 e. The van der Waals surface area contributed by atoms with Crippen LogP contribution in [-0.4, -0.2) is 40.1 Å². The Labute approximate surface area is 169 Å². The summed E-state index contributed by atoms with van der Waals surface area (Å²) in [5.74, 6) is 2.37.